The first-order valence-electron chi connectivity index (χ1n) is 7.74. The number of nitrogens with zero attached hydrogens (tertiary/aromatic N) is 3. The predicted molar refractivity (Wildman–Crippen MR) is 92.1 cm³/mol. The second-order valence-corrected chi connectivity index (χ2v) is 7.13. The van der Waals surface area contributed by atoms with Gasteiger partial charge in [-0.2, -0.15) is 8.42 Å². The molecule has 0 bridgehead atoms. The highest BCUT2D eigenvalue weighted by molar-refractivity contribution is 7.90. The molecule has 0 saturated carbocycles. The first-order valence-corrected chi connectivity index (χ1v) is 9.21. The van der Waals surface area contributed by atoms with E-state index in [9.17, 15) is 21.6 Å². The minimum atomic E-state index is -4.77. The molecule has 0 atom stereocenters. The SMILES string of the molecule is O=S1(=O)C=Cc2cc(-n3nncc3-c3ccc(OC(F)(F)F)cc3)ccc2O1. The number of hydrogen-bond acceptors (Lipinski definition) is 6. The zero-order valence-electron chi connectivity index (χ0n) is 13.8. The van der Waals surface area contributed by atoms with Crippen molar-refractivity contribution in [2.24, 2.45) is 0 Å². The van der Waals surface area contributed by atoms with E-state index in [2.05, 4.69) is 15.0 Å². The van der Waals surface area contributed by atoms with Gasteiger partial charge in [-0.3, -0.25) is 0 Å². The lowest BCUT2D eigenvalue weighted by Gasteiger charge is -2.14. The number of benzene rings is 2. The van der Waals surface area contributed by atoms with Crippen LogP contribution in [0.4, 0.5) is 13.2 Å². The Morgan fingerprint density at radius 2 is 1.82 bits per heavy atom. The van der Waals surface area contributed by atoms with Crippen LogP contribution in [0, 0.1) is 0 Å². The van der Waals surface area contributed by atoms with Gasteiger partial charge in [-0.1, -0.05) is 5.21 Å². The summed E-state index contributed by atoms with van der Waals surface area (Å²) in [5.41, 5.74) is 2.18. The number of hydrogen-bond donors (Lipinski definition) is 0. The largest absolute Gasteiger partial charge is 0.573 e. The van der Waals surface area contributed by atoms with Crippen LogP contribution in [0.15, 0.2) is 54.1 Å². The molecule has 0 N–H and O–H groups in total. The lowest BCUT2D eigenvalue weighted by Crippen LogP contribution is -2.16. The normalized spacial score (nSPS) is 15.0. The fourth-order valence-corrected chi connectivity index (χ4v) is 3.40. The van der Waals surface area contributed by atoms with E-state index in [1.807, 2.05) is 0 Å². The van der Waals surface area contributed by atoms with Crippen LogP contribution in [-0.4, -0.2) is 29.8 Å². The zero-order valence-corrected chi connectivity index (χ0v) is 14.6. The Bertz CT molecular complexity index is 1170. The van der Waals surface area contributed by atoms with Crippen molar-refractivity contribution in [2.75, 3.05) is 0 Å². The van der Waals surface area contributed by atoms with Crippen molar-refractivity contribution >= 4 is 16.2 Å². The average molecular weight is 409 g/mol. The molecule has 0 saturated heterocycles. The number of fused-ring (bicyclic) bond motifs is 1. The Balaban J connectivity index is 1.67. The minimum Gasteiger partial charge on any atom is -0.406 e. The summed E-state index contributed by atoms with van der Waals surface area (Å²) in [5, 5.41) is 8.79. The van der Waals surface area contributed by atoms with E-state index >= 15 is 0 Å². The second kappa shape index (κ2) is 6.37. The molecule has 1 aliphatic rings. The average Bonchev–Trinajstić information content (AvgIpc) is 3.09. The van der Waals surface area contributed by atoms with Crippen molar-refractivity contribution in [3.8, 4) is 28.4 Å². The third-order valence-corrected chi connectivity index (χ3v) is 4.67. The number of rotatable bonds is 3. The van der Waals surface area contributed by atoms with Gasteiger partial charge in [0.15, 0.2) is 0 Å². The summed E-state index contributed by atoms with van der Waals surface area (Å²) in [7, 11) is -3.74. The number of aromatic nitrogens is 3. The molecular weight excluding hydrogens is 399 g/mol. The number of ether oxygens (including phenoxy) is 1. The van der Waals surface area contributed by atoms with Crippen LogP contribution in [0.1, 0.15) is 5.56 Å². The molecule has 0 aliphatic carbocycles. The molecule has 7 nitrogen and oxygen atoms in total. The highest BCUT2D eigenvalue weighted by Crippen LogP contribution is 2.31. The maximum atomic E-state index is 12.3. The van der Waals surface area contributed by atoms with Crippen LogP contribution in [0.2, 0.25) is 0 Å². The maximum Gasteiger partial charge on any atom is 0.573 e. The van der Waals surface area contributed by atoms with Crippen molar-refractivity contribution in [1.82, 2.24) is 15.0 Å². The van der Waals surface area contributed by atoms with Crippen LogP contribution in [-0.2, 0) is 10.1 Å². The van der Waals surface area contributed by atoms with E-state index in [1.165, 1.54) is 47.3 Å². The summed E-state index contributed by atoms with van der Waals surface area (Å²) in [6.07, 6.45) is -1.91. The Labute approximate surface area is 156 Å². The van der Waals surface area contributed by atoms with Crippen molar-refractivity contribution < 1.29 is 30.5 Å². The summed E-state index contributed by atoms with van der Waals surface area (Å²) in [6.45, 7) is 0. The molecule has 0 radical (unpaired) electrons. The van der Waals surface area contributed by atoms with E-state index in [0.717, 1.165) is 5.41 Å². The molecule has 11 heteroatoms. The summed E-state index contributed by atoms with van der Waals surface area (Å²) < 4.78 is 70.0. The molecule has 144 valence electrons. The first-order chi connectivity index (χ1) is 13.2. The fourth-order valence-electron chi connectivity index (χ4n) is 2.63. The monoisotopic (exact) mass is 409 g/mol. The van der Waals surface area contributed by atoms with Gasteiger partial charge in [0.2, 0.25) is 0 Å². The van der Waals surface area contributed by atoms with Gasteiger partial charge < -0.3 is 8.92 Å². The molecule has 2 aromatic carbocycles. The summed E-state index contributed by atoms with van der Waals surface area (Å²) in [6, 6.07) is 10.0. The summed E-state index contributed by atoms with van der Waals surface area (Å²) >= 11 is 0. The third-order valence-electron chi connectivity index (χ3n) is 3.79. The Hall–Kier alpha value is -3.34. The van der Waals surface area contributed by atoms with Crippen LogP contribution in [0.25, 0.3) is 23.0 Å². The van der Waals surface area contributed by atoms with E-state index in [-0.39, 0.29) is 11.5 Å². The van der Waals surface area contributed by atoms with E-state index < -0.39 is 16.5 Å². The van der Waals surface area contributed by atoms with E-state index in [4.69, 9.17) is 4.18 Å². The third kappa shape index (κ3) is 3.69. The van der Waals surface area contributed by atoms with Gasteiger partial charge in [0.05, 0.1) is 23.0 Å². The van der Waals surface area contributed by atoms with Crippen molar-refractivity contribution in [2.45, 2.75) is 6.36 Å². The van der Waals surface area contributed by atoms with Gasteiger partial charge in [-0.05, 0) is 48.5 Å². The minimum absolute atomic E-state index is 0.182. The summed E-state index contributed by atoms with van der Waals surface area (Å²) in [5.74, 6) is -0.158. The van der Waals surface area contributed by atoms with Gasteiger partial charge in [0.25, 0.3) is 0 Å². The topological polar surface area (TPSA) is 83.3 Å². The molecule has 28 heavy (non-hydrogen) atoms. The Kier molecular flexibility index (Phi) is 4.11. The standard InChI is InChI=1S/C17H10F3N3O4S/c18-17(19,20)26-14-4-1-11(2-5-14)15-10-21-22-23(15)13-3-6-16-12(9-13)7-8-28(24,25)27-16/h1-10H. The predicted octanol–water partition coefficient (Wildman–Crippen LogP) is 3.53. The molecule has 1 aromatic heterocycles. The zero-order chi connectivity index (χ0) is 19.9. The van der Waals surface area contributed by atoms with Gasteiger partial charge in [-0.15, -0.1) is 18.3 Å². The van der Waals surface area contributed by atoms with Gasteiger partial charge in [-0.25, -0.2) is 4.68 Å². The lowest BCUT2D eigenvalue weighted by molar-refractivity contribution is -0.274. The van der Waals surface area contributed by atoms with E-state index in [0.29, 0.717) is 22.5 Å². The first kappa shape index (κ1) is 18.0. The Morgan fingerprint density at radius 1 is 1.07 bits per heavy atom. The van der Waals surface area contributed by atoms with Gasteiger partial charge >= 0.3 is 16.5 Å². The smallest absolute Gasteiger partial charge is 0.406 e. The summed E-state index contributed by atoms with van der Waals surface area (Å²) in [4.78, 5) is 0. The highest BCUT2D eigenvalue weighted by Gasteiger charge is 2.31. The molecule has 0 unspecified atom stereocenters. The van der Waals surface area contributed by atoms with Crippen LogP contribution in [0.5, 0.6) is 11.5 Å². The van der Waals surface area contributed by atoms with E-state index in [1.54, 1.807) is 12.1 Å². The highest BCUT2D eigenvalue weighted by atomic mass is 32.2. The number of halogens is 3. The van der Waals surface area contributed by atoms with Gasteiger partial charge in [0.1, 0.15) is 11.5 Å². The van der Waals surface area contributed by atoms with Crippen LogP contribution < -0.4 is 8.92 Å². The Morgan fingerprint density at radius 3 is 2.54 bits per heavy atom. The molecule has 4 rings (SSSR count). The number of alkyl halides is 3. The van der Waals surface area contributed by atoms with Crippen LogP contribution in [0.3, 0.4) is 0 Å². The maximum absolute atomic E-state index is 12.3. The quantitative estimate of drug-likeness (QED) is 0.616. The molecule has 1 aliphatic heterocycles. The van der Waals surface area contributed by atoms with Crippen molar-refractivity contribution in [3.05, 3.63) is 59.6 Å². The van der Waals surface area contributed by atoms with Crippen molar-refractivity contribution in [3.63, 3.8) is 0 Å². The molecule has 3 aromatic rings. The fraction of sp³-hybridized carbons (Fsp3) is 0.0588. The second-order valence-electron chi connectivity index (χ2n) is 5.70. The van der Waals surface area contributed by atoms with Gasteiger partial charge in [0, 0.05) is 11.1 Å². The lowest BCUT2D eigenvalue weighted by atomic mass is 10.1. The molecular formula is C17H10F3N3O4S. The van der Waals surface area contributed by atoms with Crippen LogP contribution >= 0.6 is 0 Å². The molecule has 0 fully saturated rings. The molecule has 2 heterocycles. The molecule has 0 amide bonds. The molecule has 0 spiro atoms. The van der Waals surface area contributed by atoms with Crippen molar-refractivity contribution in [1.29, 1.82) is 0 Å².